The van der Waals surface area contributed by atoms with Gasteiger partial charge in [-0.05, 0) is 31.5 Å². The number of nitrogens with one attached hydrogen (secondary N) is 2. The van der Waals surface area contributed by atoms with Gasteiger partial charge in [-0.25, -0.2) is 8.42 Å². The Labute approximate surface area is 149 Å². The second kappa shape index (κ2) is 9.36. The lowest BCUT2D eigenvalue weighted by atomic mass is 10.1. The molecule has 1 atom stereocenters. The number of ether oxygens (including phenoxy) is 1. The lowest BCUT2D eigenvalue weighted by molar-refractivity contribution is -0.117. The highest BCUT2D eigenvalue weighted by molar-refractivity contribution is 7.91. The minimum Gasteiger partial charge on any atom is -0.378 e. The Morgan fingerprint density at radius 1 is 1.42 bits per heavy atom. The van der Waals surface area contributed by atoms with Crippen LogP contribution >= 0.6 is 12.4 Å². The molecule has 1 aliphatic rings. The molecule has 6 nitrogen and oxygen atoms in total. The first-order valence-corrected chi connectivity index (χ1v) is 9.50. The summed E-state index contributed by atoms with van der Waals surface area (Å²) in [6, 6.07) is 7.00. The number of carbonyl (C=O) groups excluding carboxylic acids is 1. The fraction of sp³-hybridized carbons (Fsp3) is 0.562. The number of amides is 1. The molecule has 1 amide bonds. The number of sulfone groups is 1. The van der Waals surface area contributed by atoms with Gasteiger partial charge in [-0.1, -0.05) is 12.1 Å². The summed E-state index contributed by atoms with van der Waals surface area (Å²) in [7, 11) is -3.16. The van der Waals surface area contributed by atoms with E-state index >= 15 is 0 Å². The van der Waals surface area contributed by atoms with Gasteiger partial charge in [-0.15, -0.1) is 12.4 Å². The van der Waals surface area contributed by atoms with Crippen LogP contribution in [0.1, 0.15) is 25.8 Å². The van der Waals surface area contributed by atoms with Gasteiger partial charge in [-0.3, -0.25) is 4.79 Å². The molecule has 1 aliphatic heterocycles. The van der Waals surface area contributed by atoms with E-state index in [0.717, 1.165) is 6.54 Å². The molecule has 1 aromatic carbocycles. The molecule has 1 heterocycles. The second-order valence-electron chi connectivity index (χ2n) is 6.03. The summed E-state index contributed by atoms with van der Waals surface area (Å²) in [5.74, 6) is -0.135. The third kappa shape index (κ3) is 6.39. The minimum absolute atomic E-state index is 0. The van der Waals surface area contributed by atoms with Crippen molar-refractivity contribution in [2.45, 2.75) is 37.3 Å². The largest absolute Gasteiger partial charge is 0.378 e. The van der Waals surface area contributed by atoms with Crippen LogP contribution in [0, 0.1) is 0 Å². The zero-order valence-electron chi connectivity index (χ0n) is 13.9. The number of hydrogen-bond donors (Lipinski definition) is 2. The van der Waals surface area contributed by atoms with E-state index in [1.807, 2.05) is 0 Å². The molecule has 24 heavy (non-hydrogen) atoms. The standard InChI is InChI=1S/C16H24N2O4S.ClH/c1-12(2)23(20,21)11-13-4-3-5-14(8-13)18-16(19)9-15-10-22-7-6-17-15;/h3-5,8,12,15,17H,6-7,9-11H2,1-2H3,(H,18,19);1H. The van der Waals surface area contributed by atoms with Crippen molar-refractivity contribution in [1.82, 2.24) is 5.32 Å². The summed E-state index contributed by atoms with van der Waals surface area (Å²) >= 11 is 0. The molecule has 2 N–H and O–H groups in total. The summed E-state index contributed by atoms with van der Waals surface area (Å²) < 4.78 is 29.3. The number of morpholine rings is 1. The normalized spacial score (nSPS) is 18.0. The summed E-state index contributed by atoms with van der Waals surface area (Å²) in [6.07, 6.45) is 0.328. The van der Waals surface area contributed by atoms with Crippen LogP contribution < -0.4 is 10.6 Å². The highest BCUT2D eigenvalue weighted by Gasteiger charge is 2.18. The van der Waals surface area contributed by atoms with Crippen molar-refractivity contribution in [2.24, 2.45) is 0 Å². The molecule has 1 aromatic rings. The lowest BCUT2D eigenvalue weighted by Gasteiger charge is -2.23. The van der Waals surface area contributed by atoms with E-state index < -0.39 is 15.1 Å². The molecule has 1 unspecified atom stereocenters. The first-order chi connectivity index (χ1) is 10.9. The first kappa shape index (κ1) is 20.9. The molecule has 0 saturated carbocycles. The van der Waals surface area contributed by atoms with E-state index in [4.69, 9.17) is 4.74 Å². The number of anilines is 1. The molecule has 0 aromatic heterocycles. The fourth-order valence-corrected chi connectivity index (χ4v) is 3.30. The topological polar surface area (TPSA) is 84.5 Å². The van der Waals surface area contributed by atoms with Crippen LogP contribution in [0.2, 0.25) is 0 Å². The van der Waals surface area contributed by atoms with Gasteiger partial charge in [0.15, 0.2) is 9.84 Å². The van der Waals surface area contributed by atoms with Crippen molar-refractivity contribution in [3.05, 3.63) is 29.8 Å². The Hall–Kier alpha value is -1.15. The van der Waals surface area contributed by atoms with E-state index in [1.165, 1.54) is 0 Å². The maximum atomic E-state index is 12.1. The maximum Gasteiger partial charge on any atom is 0.226 e. The van der Waals surface area contributed by atoms with Gasteiger partial charge in [0.1, 0.15) is 0 Å². The van der Waals surface area contributed by atoms with Gasteiger partial charge in [0.25, 0.3) is 0 Å². The number of rotatable bonds is 6. The summed E-state index contributed by atoms with van der Waals surface area (Å²) in [6.45, 7) is 5.28. The SMILES string of the molecule is CC(C)S(=O)(=O)Cc1cccc(NC(=O)CC2COCCN2)c1.Cl. The van der Waals surface area contributed by atoms with Gasteiger partial charge >= 0.3 is 0 Å². The van der Waals surface area contributed by atoms with Crippen molar-refractivity contribution < 1.29 is 17.9 Å². The van der Waals surface area contributed by atoms with Crippen LogP contribution in [0.15, 0.2) is 24.3 Å². The average Bonchev–Trinajstić information content (AvgIpc) is 2.47. The van der Waals surface area contributed by atoms with E-state index in [9.17, 15) is 13.2 Å². The van der Waals surface area contributed by atoms with Crippen LogP contribution in [-0.4, -0.2) is 45.4 Å². The summed E-state index contributed by atoms with van der Waals surface area (Å²) in [5.41, 5.74) is 1.29. The Kier molecular flexibility index (Phi) is 8.15. The molecular weight excluding hydrogens is 352 g/mol. The van der Waals surface area contributed by atoms with Gasteiger partial charge in [-0.2, -0.15) is 0 Å². The van der Waals surface area contributed by atoms with Gasteiger partial charge in [0, 0.05) is 24.7 Å². The predicted molar refractivity (Wildman–Crippen MR) is 97.3 cm³/mol. The number of halogens is 1. The van der Waals surface area contributed by atoms with Crippen molar-refractivity contribution in [2.75, 3.05) is 25.1 Å². The fourth-order valence-electron chi connectivity index (χ4n) is 2.32. The highest BCUT2D eigenvalue weighted by atomic mass is 35.5. The van der Waals surface area contributed by atoms with E-state index in [0.29, 0.717) is 30.9 Å². The van der Waals surface area contributed by atoms with Gasteiger partial charge < -0.3 is 15.4 Å². The van der Waals surface area contributed by atoms with Crippen LogP contribution in [0.5, 0.6) is 0 Å². The summed E-state index contributed by atoms with van der Waals surface area (Å²) in [4.78, 5) is 12.1. The highest BCUT2D eigenvalue weighted by Crippen LogP contribution is 2.16. The van der Waals surface area contributed by atoms with E-state index in [-0.39, 0.29) is 30.1 Å². The quantitative estimate of drug-likeness (QED) is 0.790. The van der Waals surface area contributed by atoms with Crippen LogP contribution in [0.25, 0.3) is 0 Å². The number of hydrogen-bond acceptors (Lipinski definition) is 5. The van der Waals surface area contributed by atoms with E-state index in [1.54, 1.807) is 38.1 Å². The molecule has 8 heteroatoms. The van der Waals surface area contributed by atoms with Crippen molar-refractivity contribution in [1.29, 1.82) is 0 Å². The average molecular weight is 377 g/mol. The Bertz CT molecular complexity index is 643. The minimum atomic E-state index is -3.16. The zero-order chi connectivity index (χ0) is 16.9. The van der Waals surface area contributed by atoms with Crippen molar-refractivity contribution in [3.8, 4) is 0 Å². The maximum absolute atomic E-state index is 12.1. The lowest BCUT2D eigenvalue weighted by Crippen LogP contribution is -2.43. The Morgan fingerprint density at radius 3 is 2.79 bits per heavy atom. The molecule has 0 bridgehead atoms. The second-order valence-corrected chi connectivity index (χ2v) is 8.59. The molecule has 0 aliphatic carbocycles. The monoisotopic (exact) mass is 376 g/mol. The smallest absolute Gasteiger partial charge is 0.226 e. The molecule has 2 rings (SSSR count). The number of benzene rings is 1. The van der Waals surface area contributed by atoms with Crippen LogP contribution in [0.4, 0.5) is 5.69 Å². The molecule has 1 fully saturated rings. The first-order valence-electron chi connectivity index (χ1n) is 7.78. The van der Waals surface area contributed by atoms with Crippen molar-refractivity contribution >= 4 is 33.8 Å². The van der Waals surface area contributed by atoms with Crippen LogP contribution in [0.3, 0.4) is 0 Å². The Morgan fingerprint density at radius 2 is 2.17 bits per heavy atom. The Balaban J connectivity index is 0.00000288. The number of carbonyl (C=O) groups is 1. The third-order valence-electron chi connectivity index (χ3n) is 3.73. The van der Waals surface area contributed by atoms with Crippen LogP contribution in [-0.2, 0) is 25.1 Å². The molecule has 1 saturated heterocycles. The predicted octanol–water partition coefficient (Wildman–Crippen LogP) is 1.75. The molecule has 0 radical (unpaired) electrons. The van der Waals surface area contributed by atoms with E-state index in [2.05, 4.69) is 10.6 Å². The van der Waals surface area contributed by atoms with Gasteiger partial charge in [0.2, 0.25) is 5.91 Å². The molecular formula is C16H25ClN2O4S. The molecule has 0 spiro atoms. The molecule has 136 valence electrons. The zero-order valence-corrected chi connectivity index (χ0v) is 15.6. The third-order valence-corrected chi connectivity index (χ3v) is 5.90. The van der Waals surface area contributed by atoms with Gasteiger partial charge in [0.05, 0.1) is 24.2 Å². The summed E-state index contributed by atoms with van der Waals surface area (Å²) in [5, 5.41) is 5.62. The van der Waals surface area contributed by atoms with Crippen molar-refractivity contribution in [3.63, 3.8) is 0 Å².